The first-order chi connectivity index (χ1) is 15.7. The molecule has 11 heteroatoms. The third kappa shape index (κ3) is 4.78. The number of benzene rings is 2. The van der Waals surface area contributed by atoms with Crippen LogP contribution >= 0.6 is 11.6 Å². The van der Waals surface area contributed by atoms with Crippen molar-refractivity contribution in [3.63, 3.8) is 0 Å². The van der Waals surface area contributed by atoms with E-state index in [0.29, 0.717) is 47.3 Å². The third-order valence-corrected chi connectivity index (χ3v) is 7.85. The summed E-state index contributed by atoms with van der Waals surface area (Å²) in [6.07, 6.45) is 0.457. The molecule has 9 nitrogen and oxygen atoms in total. The van der Waals surface area contributed by atoms with Gasteiger partial charge in [-0.3, -0.25) is 9.59 Å². The van der Waals surface area contributed by atoms with Crippen molar-refractivity contribution in [3.8, 4) is 11.5 Å². The lowest BCUT2D eigenvalue weighted by molar-refractivity contribution is -0.123. The summed E-state index contributed by atoms with van der Waals surface area (Å²) >= 11 is 6.12. The van der Waals surface area contributed by atoms with E-state index in [9.17, 15) is 18.0 Å². The van der Waals surface area contributed by atoms with E-state index < -0.39 is 22.0 Å². The maximum atomic E-state index is 13.3. The summed E-state index contributed by atoms with van der Waals surface area (Å²) in [5.41, 5.74) is 0.812. The number of carbonyl (C=O) groups is 2. The highest BCUT2D eigenvalue weighted by atomic mass is 35.5. The average molecular weight is 494 g/mol. The van der Waals surface area contributed by atoms with E-state index in [2.05, 4.69) is 10.6 Å². The molecular weight excluding hydrogens is 470 g/mol. The summed E-state index contributed by atoms with van der Waals surface area (Å²) in [6.45, 7) is 1.97. The van der Waals surface area contributed by atoms with Gasteiger partial charge in [0.25, 0.3) is 5.91 Å². The molecule has 0 aliphatic carbocycles. The number of carbonyl (C=O) groups excluding carboxylic acids is 2. The van der Waals surface area contributed by atoms with Gasteiger partial charge in [0.05, 0.1) is 28.6 Å². The molecular formula is C22H24ClN3O6S. The van der Waals surface area contributed by atoms with E-state index in [-0.39, 0.29) is 23.3 Å². The molecule has 4 rings (SSSR count). The molecule has 0 bridgehead atoms. The van der Waals surface area contributed by atoms with Gasteiger partial charge in [-0.15, -0.1) is 0 Å². The van der Waals surface area contributed by atoms with Gasteiger partial charge in [-0.2, -0.15) is 4.31 Å². The Morgan fingerprint density at radius 3 is 2.79 bits per heavy atom. The lowest BCUT2D eigenvalue weighted by atomic mass is 9.98. The van der Waals surface area contributed by atoms with Crippen LogP contribution in [0.3, 0.4) is 0 Å². The van der Waals surface area contributed by atoms with Gasteiger partial charge in [0.2, 0.25) is 15.9 Å². The number of halogens is 1. The van der Waals surface area contributed by atoms with Crippen molar-refractivity contribution in [2.75, 3.05) is 30.8 Å². The van der Waals surface area contributed by atoms with Crippen LogP contribution in [0, 0.1) is 5.92 Å². The van der Waals surface area contributed by atoms with Crippen LogP contribution in [0.4, 0.5) is 11.4 Å². The van der Waals surface area contributed by atoms with E-state index in [1.807, 2.05) is 0 Å². The Morgan fingerprint density at radius 2 is 2.06 bits per heavy atom. The maximum absolute atomic E-state index is 13.3. The molecule has 2 amide bonds. The fraction of sp³-hybridized carbons (Fsp3) is 0.364. The molecule has 2 N–H and O–H groups in total. The summed E-state index contributed by atoms with van der Waals surface area (Å²) in [7, 11) is -2.37. The predicted octanol–water partition coefficient (Wildman–Crippen LogP) is 3.11. The number of hydrogen-bond donors (Lipinski definition) is 2. The first kappa shape index (κ1) is 23.3. The zero-order valence-electron chi connectivity index (χ0n) is 18.1. The number of piperidine rings is 1. The van der Waals surface area contributed by atoms with E-state index >= 15 is 0 Å². The van der Waals surface area contributed by atoms with Crippen LogP contribution < -0.4 is 20.1 Å². The van der Waals surface area contributed by atoms with Crippen molar-refractivity contribution < 1.29 is 27.5 Å². The molecule has 0 saturated carbocycles. The van der Waals surface area contributed by atoms with Gasteiger partial charge in [0.1, 0.15) is 11.5 Å². The molecule has 2 aliphatic heterocycles. The van der Waals surface area contributed by atoms with Crippen molar-refractivity contribution in [2.45, 2.75) is 30.8 Å². The van der Waals surface area contributed by atoms with Crippen LogP contribution in [-0.4, -0.2) is 50.8 Å². The summed E-state index contributed by atoms with van der Waals surface area (Å²) in [5, 5.41) is 5.82. The SMILES string of the molecule is COc1ccc(NC(=O)[C@@H]2CCCN(S(=O)(=O)c3ccc4c(c3)NC(=O)[C@@H](C)O4)C2)cc1Cl. The molecule has 0 spiro atoms. The first-order valence-electron chi connectivity index (χ1n) is 10.4. The molecule has 2 aromatic rings. The molecule has 2 aromatic carbocycles. The smallest absolute Gasteiger partial charge is 0.265 e. The number of rotatable bonds is 5. The van der Waals surface area contributed by atoms with Crippen molar-refractivity contribution in [3.05, 3.63) is 41.4 Å². The second-order valence-corrected chi connectivity index (χ2v) is 10.3. The van der Waals surface area contributed by atoms with Crippen LogP contribution in [0.25, 0.3) is 0 Å². The number of sulfonamides is 1. The number of amides is 2. The molecule has 176 valence electrons. The minimum atomic E-state index is -3.87. The molecule has 1 saturated heterocycles. The summed E-state index contributed by atoms with van der Waals surface area (Å²) in [4.78, 5) is 24.7. The summed E-state index contributed by atoms with van der Waals surface area (Å²) < 4.78 is 38.4. The Hall–Kier alpha value is -2.82. The lowest BCUT2D eigenvalue weighted by Crippen LogP contribution is -2.43. The van der Waals surface area contributed by atoms with Crippen LogP contribution in [-0.2, 0) is 19.6 Å². The van der Waals surface area contributed by atoms with Crippen molar-refractivity contribution in [1.82, 2.24) is 4.31 Å². The van der Waals surface area contributed by atoms with Gasteiger partial charge in [-0.1, -0.05) is 11.6 Å². The maximum Gasteiger partial charge on any atom is 0.265 e. The minimum Gasteiger partial charge on any atom is -0.495 e. The number of fused-ring (bicyclic) bond motifs is 1. The number of nitrogens with zero attached hydrogens (tertiary/aromatic N) is 1. The highest BCUT2D eigenvalue weighted by Crippen LogP contribution is 2.34. The Labute approximate surface area is 197 Å². The standard InChI is InChI=1S/C22H24ClN3O6S/c1-13-21(27)25-18-11-16(6-8-20(18)32-13)33(29,30)26-9-3-4-14(12-26)22(28)24-15-5-7-19(31-2)17(23)10-15/h5-8,10-11,13-14H,3-4,9,12H2,1-2H3,(H,24,28)(H,25,27)/t13-,14-/m1/s1. The van der Waals surface area contributed by atoms with E-state index in [0.717, 1.165) is 0 Å². The molecule has 0 aromatic heterocycles. The topological polar surface area (TPSA) is 114 Å². The second kappa shape index (κ2) is 9.20. The monoisotopic (exact) mass is 493 g/mol. The van der Waals surface area contributed by atoms with Gasteiger partial charge in [0, 0.05) is 18.8 Å². The highest BCUT2D eigenvalue weighted by Gasteiger charge is 2.34. The Balaban J connectivity index is 1.48. The largest absolute Gasteiger partial charge is 0.495 e. The van der Waals surface area contributed by atoms with Crippen LogP contribution in [0.1, 0.15) is 19.8 Å². The number of nitrogens with one attached hydrogen (secondary N) is 2. The molecule has 2 atom stereocenters. The van der Waals surface area contributed by atoms with Crippen molar-refractivity contribution in [2.24, 2.45) is 5.92 Å². The van der Waals surface area contributed by atoms with Gasteiger partial charge < -0.3 is 20.1 Å². The zero-order valence-corrected chi connectivity index (χ0v) is 19.7. The quantitative estimate of drug-likeness (QED) is 0.661. The molecule has 0 unspecified atom stereocenters. The number of methoxy groups -OCH3 is 1. The highest BCUT2D eigenvalue weighted by molar-refractivity contribution is 7.89. The fourth-order valence-corrected chi connectivity index (χ4v) is 5.67. The van der Waals surface area contributed by atoms with Gasteiger partial charge in [-0.05, 0) is 56.2 Å². The number of ether oxygens (including phenoxy) is 2. The summed E-state index contributed by atoms with van der Waals surface area (Å²) in [5.74, 6) is -0.238. The Kier molecular flexibility index (Phi) is 6.51. The zero-order chi connectivity index (χ0) is 23.8. The molecule has 2 heterocycles. The summed E-state index contributed by atoms with van der Waals surface area (Å²) in [6, 6.07) is 9.26. The third-order valence-electron chi connectivity index (χ3n) is 5.69. The normalized spacial score (nSPS) is 20.9. The van der Waals surface area contributed by atoms with E-state index in [1.165, 1.54) is 29.6 Å². The molecule has 1 fully saturated rings. The number of anilines is 2. The Bertz CT molecular complexity index is 1200. The lowest BCUT2D eigenvalue weighted by Gasteiger charge is -2.31. The minimum absolute atomic E-state index is 0.0303. The van der Waals surface area contributed by atoms with Crippen LogP contribution in [0.15, 0.2) is 41.3 Å². The fourth-order valence-electron chi connectivity index (χ4n) is 3.86. The predicted molar refractivity (Wildman–Crippen MR) is 123 cm³/mol. The first-order valence-corrected chi connectivity index (χ1v) is 12.3. The Morgan fingerprint density at radius 1 is 1.27 bits per heavy atom. The van der Waals surface area contributed by atoms with Crippen LogP contribution in [0.5, 0.6) is 11.5 Å². The van der Waals surface area contributed by atoms with E-state index in [4.69, 9.17) is 21.1 Å². The second-order valence-electron chi connectivity index (χ2n) is 7.95. The molecule has 33 heavy (non-hydrogen) atoms. The average Bonchev–Trinajstić information content (AvgIpc) is 2.79. The van der Waals surface area contributed by atoms with Crippen molar-refractivity contribution in [1.29, 1.82) is 0 Å². The van der Waals surface area contributed by atoms with Gasteiger partial charge >= 0.3 is 0 Å². The molecule has 0 radical (unpaired) electrons. The number of hydrogen-bond acceptors (Lipinski definition) is 6. The van der Waals surface area contributed by atoms with Crippen molar-refractivity contribution >= 4 is 44.8 Å². The van der Waals surface area contributed by atoms with Gasteiger partial charge in [0.15, 0.2) is 6.10 Å². The van der Waals surface area contributed by atoms with Gasteiger partial charge in [-0.25, -0.2) is 8.42 Å². The molecule has 2 aliphatic rings. The van der Waals surface area contributed by atoms with Crippen LogP contribution in [0.2, 0.25) is 5.02 Å². The van der Waals surface area contributed by atoms with E-state index in [1.54, 1.807) is 25.1 Å².